The van der Waals surface area contributed by atoms with Gasteiger partial charge in [0.25, 0.3) is 5.69 Å². The zero-order chi connectivity index (χ0) is 26.3. The van der Waals surface area contributed by atoms with E-state index in [9.17, 15) is 23.6 Å². The highest BCUT2D eigenvalue weighted by Gasteiger charge is 2.44. The highest BCUT2D eigenvalue weighted by molar-refractivity contribution is 7.89. The Morgan fingerprint density at radius 3 is 2.51 bits per heavy atom. The molecular weight excluding hydrogens is 492 g/mol. The van der Waals surface area contributed by atoms with Crippen LogP contribution in [0, 0.1) is 17.0 Å². The number of aryl methyl sites for hydroxylation is 1. The summed E-state index contributed by atoms with van der Waals surface area (Å²) in [7, 11) is -4.17. The Hall–Kier alpha value is -2.53. The third-order valence-corrected chi connectivity index (χ3v) is 10.4. The maximum Gasteiger partial charge on any atom is 0.296 e. The largest absolute Gasteiger partial charge is 0.394 e. The van der Waals surface area contributed by atoms with Crippen molar-refractivity contribution in [1.29, 1.82) is 0 Å². The van der Waals surface area contributed by atoms with Gasteiger partial charge in [-0.3, -0.25) is 15.0 Å². The van der Waals surface area contributed by atoms with Gasteiger partial charge in [0.05, 0.1) is 22.0 Å². The second-order valence-electron chi connectivity index (χ2n) is 10.8. The Bertz CT molecular complexity index is 1290. The van der Waals surface area contributed by atoms with E-state index in [1.165, 1.54) is 31.9 Å². The highest BCUT2D eigenvalue weighted by atomic mass is 32.2. The Morgan fingerprint density at radius 2 is 1.81 bits per heavy atom. The maximum absolute atomic E-state index is 13.6. The molecule has 1 atom stereocenters. The average Bonchev–Trinajstić information content (AvgIpc) is 3.44. The number of rotatable bonds is 9. The zero-order valence-electron chi connectivity index (χ0n) is 21.3. The third kappa shape index (κ3) is 4.65. The van der Waals surface area contributed by atoms with Crippen molar-refractivity contribution >= 4 is 21.4 Å². The molecule has 0 radical (unpaired) electrons. The van der Waals surface area contributed by atoms with Crippen LogP contribution < -0.4 is 10.0 Å². The van der Waals surface area contributed by atoms with Crippen LogP contribution in [0.15, 0.2) is 41.3 Å². The average molecular weight is 529 g/mol. The summed E-state index contributed by atoms with van der Waals surface area (Å²) >= 11 is 0. The number of sulfonamides is 1. The zero-order valence-corrected chi connectivity index (χ0v) is 22.1. The first-order valence-electron chi connectivity index (χ1n) is 13.2. The predicted molar refractivity (Wildman–Crippen MR) is 142 cm³/mol. The van der Waals surface area contributed by atoms with Gasteiger partial charge in [-0.1, -0.05) is 24.3 Å². The molecular formula is C27H36N4O5S. The molecule has 3 N–H and O–H groups in total. The minimum absolute atomic E-state index is 0.0845. The molecule has 2 fully saturated rings. The van der Waals surface area contributed by atoms with Crippen molar-refractivity contribution in [3.05, 3.63) is 63.2 Å². The number of nitro benzene ring substituents is 1. The fraction of sp³-hybridized carbons (Fsp3) is 0.556. The van der Waals surface area contributed by atoms with Gasteiger partial charge in [-0.05, 0) is 94.6 Å². The van der Waals surface area contributed by atoms with Crippen molar-refractivity contribution in [2.24, 2.45) is 0 Å². The Labute approximate surface area is 218 Å². The fourth-order valence-electron chi connectivity index (χ4n) is 6.95. The summed E-state index contributed by atoms with van der Waals surface area (Å²) in [6, 6.07) is 10.4. The van der Waals surface area contributed by atoms with Crippen molar-refractivity contribution in [1.82, 2.24) is 9.62 Å². The van der Waals surface area contributed by atoms with Gasteiger partial charge in [-0.25, -0.2) is 8.42 Å². The summed E-state index contributed by atoms with van der Waals surface area (Å²) in [5.74, 6) is 0. The highest BCUT2D eigenvalue weighted by Crippen LogP contribution is 2.42. The van der Waals surface area contributed by atoms with Gasteiger partial charge >= 0.3 is 0 Å². The van der Waals surface area contributed by atoms with Gasteiger partial charge < -0.3 is 10.4 Å². The number of hydrogen-bond acceptors (Lipinski definition) is 7. The molecule has 9 nitrogen and oxygen atoms in total. The fourth-order valence-corrected chi connectivity index (χ4v) is 8.60. The Morgan fingerprint density at radius 1 is 1.08 bits per heavy atom. The second kappa shape index (κ2) is 9.98. The molecule has 0 amide bonds. The Balaban J connectivity index is 1.40. The minimum Gasteiger partial charge on any atom is -0.394 e. The van der Waals surface area contributed by atoms with E-state index >= 15 is 0 Å². The normalized spacial score (nSPS) is 23.0. The Kier molecular flexibility index (Phi) is 7.04. The van der Waals surface area contributed by atoms with Crippen LogP contribution in [-0.2, 0) is 22.0 Å². The smallest absolute Gasteiger partial charge is 0.296 e. The summed E-state index contributed by atoms with van der Waals surface area (Å²) in [4.78, 5) is 14.0. The number of anilines is 1. The van der Waals surface area contributed by atoms with Crippen LogP contribution in [0.4, 0.5) is 11.4 Å². The van der Waals surface area contributed by atoms with E-state index < -0.39 is 27.1 Å². The van der Waals surface area contributed by atoms with Crippen LogP contribution in [-0.4, -0.2) is 55.1 Å². The van der Waals surface area contributed by atoms with Crippen molar-refractivity contribution in [3.63, 3.8) is 0 Å². The van der Waals surface area contributed by atoms with Gasteiger partial charge in [0, 0.05) is 17.6 Å². The maximum atomic E-state index is 13.6. The molecule has 0 bridgehead atoms. The number of hydrogen-bond donors (Lipinski definition) is 3. The van der Waals surface area contributed by atoms with Gasteiger partial charge in [-0.2, -0.15) is 4.72 Å². The van der Waals surface area contributed by atoms with Crippen LogP contribution >= 0.6 is 0 Å². The first-order valence-corrected chi connectivity index (χ1v) is 14.7. The molecule has 0 saturated carbocycles. The minimum atomic E-state index is -4.17. The monoisotopic (exact) mass is 528 g/mol. The van der Waals surface area contributed by atoms with Crippen molar-refractivity contribution in [2.75, 3.05) is 31.6 Å². The molecule has 2 aromatic rings. The van der Waals surface area contributed by atoms with Gasteiger partial charge in [0.15, 0.2) is 0 Å². The molecule has 37 heavy (non-hydrogen) atoms. The molecule has 0 aromatic heterocycles. The van der Waals surface area contributed by atoms with Gasteiger partial charge in [0.2, 0.25) is 10.0 Å². The van der Waals surface area contributed by atoms with Crippen LogP contribution in [0.25, 0.3) is 0 Å². The molecule has 3 aliphatic rings. The summed E-state index contributed by atoms with van der Waals surface area (Å²) in [5, 5.41) is 25.7. The number of aliphatic hydroxyl groups is 1. The number of fused-ring (bicyclic) bond motifs is 2. The van der Waals surface area contributed by atoms with E-state index in [0.29, 0.717) is 18.7 Å². The summed E-state index contributed by atoms with van der Waals surface area (Å²) in [6.07, 6.45) is 7.59. The first kappa shape index (κ1) is 26.1. The summed E-state index contributed by atoms with van der Waals surface area (Å²) in [6.45, 7) is 3.91. The molecule has 10 heteroatoms. The lowest BCUT2D eigenvalue weighted by Gasteiger charge is -2.38. The molecule has 2 saturated heterocycles. The molecule has 1 unspecified atom stereocenters. The van der Waals surface area contributed by atoms with E-state index in [1.54, 1.807) is 0 Å². The van der Waals surface area contributed by atoms with E-state index in [-0.39, 0.29) is 21.7 Å². The number of nitrogens with zero attached hydrogens (tertiary/aromatic N) is 2. The standard InChI is InChI=1S/C27H36N4O5S/c1-20-24(37(35,36)29-27(19-32)14-4-8-21-7-2-3-9-22(21)27)11-10-23(25(20)31(33)34)28-16-15-26-12-5-17-30(26)18-6-13-26/h2-3,7,9-11,28-29,32H,4-6,8,12-19H2,1H3. The van der Waals surface area contributed by atoms with Crippen molar-refractivity contribution in [3.8, 4) is 0 Å². The summed E-state index contributed by atoms with van der Waals surface area (Å²) in [5.41, 5.74) is 0.970. The SMILES string of the molecule is Cc1c(S(=O)(=O)NC2(CO)CCCc3ccccc32)ccc(NCCC23CCCN2CCC3)c1[N+](=O)[O-]. The molecule has 1 aliphatic carbocycles. The molecule has 0 spiro atoms. The van der Waals surface area contributed by atoms with Gasteiger partial charge in [-0.15, -0.1) is 0 Å². The van der Waals surface area contributed by atoms with Crippen LogP contribution in [0.1, 0.15) is 61.6 Å². The van der Waals surface area contributed by atoms with Gasteiger partial charge in [0.1, 0.15) is 5.69 Å². The lowest BCUT2D eigenvalue weighted by atomic mass is 9.78. The van der Waals surface area contributed by atoms with E-state index in [0.717, 1.165) is 56.3 Å². The van der Waals surface area contributed by atoms with Crippen molar-refractivity contribution in [2.45, 2.75) is 74.3 Å². The molecule has 200 valence electrons. The summed E-state index contributed by atoms with van der Waals surface area (Å²) < 4.78 is 30.0. The molecule has 2 aliphatic heterocycles. The number of nitrogens with one attached hydrogen (secondary N) is 2. The number of benzene rings is 2. The lowest BCUT2D eigenvalue weighted by molar-refractivity contribution is -0.384. The van der Waals surface area contributed by atoms with Crippen LogP contribution in [0.2, 0.25) is 0 Å². The van der Waals surface area contributed by atoms with E-state index in [2.05, 4.69) is 14.9 Å². The molecule has 2 aromatic carbocycles. The number of aliphatic hydroxyl groups excluding tert-OH is 1. The topological polar surface area (TPSA) is 125 Å². The van der Waals surface area contributed by atoms with E-state index in [1.807, 2.05) is 24.3 Å². The first-order chi connectivity index (χ1) is 17.7. The quantitative estimate of drug-likeness (QED) is 0.334. The van der Waals surface area contributed by atoms with Crippen molar-refractivity contribution < 1.29 is 18.4 Å². The second-order valence-corrected chi connectivity index (χ2v) is 12.4. The predicted octanol–water partition coefficient (Wildman–Crippen LogP) is 3.84. The molecule has 5 rings (SSSR count). The lowest BCUT2D eigenvalue weighted by Crippen LogP contribution is -2.50. The molecule has 2 heterocycles. The number of nitro groups is 1. The third-order valence-electron chi connectivity index (χ3n) is 8.75. The van der Waals surface area contributed by atoms with Crippen LogP contribution in [0.5, 0.6) is 0 Å². The van der Waals surface area contributed by atoms with E-state index in [4.69, 9.17) is 0 Å². The van der Waals surface area contributed by atoms with Crippen LogP contribution in [0.3, 0.4) is 0 Å².